The van der Waals surface area contributed by atoms with Gasteiger partial charge in [-0.3, -0.25) is 4.79 Å². The van der Waals surface area contributed by atoms with Gasteiger partial charge in [-0.2, -0.15) is 0 Å². The largest absolute Gasteiger partial charge is 0.300 e. The quantitative estimate of drug-likeness (QED) is 0.579. The van der Waals surface area contributed by atoms with E-state index in [4.69, 9.17) is 0 Å². The van der Waals surface area contributed by atoms with Crippen molar-refractivity contribution in [1.82, 2.24) is 0 Å². The fourth-order valence-electron chi connectivity index (χ4n) is 1.97. The predicted molar refractivity (Wildman–Crippen MR) is 86.1 cm³/mol. The van der Waals surface area contributed by atoms with Crippen LogP contribution in [-0.2, 0) is 4.79 Å². The lowest BCUT2D eigenvalue weighted by atomic mass is 10.0. The Bertz CT molecular complexity index is 637. The molecule has 0 aliphatic heterocycles. The van der Waals surface area contributed by atoms with Crippen LogP contribution in [0.5, 0.6) is 0 Å². The van der Waals surface area contributed by atoms with Crippen LogP contribution in [0.25, 0.3) is 12.2 Å². The van der Waals surface area contributed by atoms with Crippen molar-refractivity contribution in [2.75, 3.05) is 0 Å². The van der Waals surface area contributed by atoms with Gasteiger partial charge in [0.15, 0.2) is 5.78 Å². The highest BCUT2D eigenvalue weighted by Gasteiger charge is 2.06. The minimum atomic E-state index is 0.0174. The standard InChI is InChI=1S/C19H18O2/c1-15(20)7-14-19(21)18-12-10-17(11-13-18)9-8-16-5-3-2-4-6-16/h2-6,8-13H,7,14H2,1H3/b9-8+. The Morgan fingerprint density at radius 2 is 1.38 bits per heavy atom. The lowest BCUT2D eigenvalue weighted by Gasteiger charge is -2.00. The highest BCUT2D eigenvalue weighted by Crippen LogP contribution is 2.11. The summed E-state index contributed by atoms with van der Waals surface area (Å²) in [5, 5.41) is 0. The highest BCUT2D eigenvalue weighted by molar-refractivity contribution is 5.98. The fourth-order valence-corrected chi connectivity index (χ4v) is 1.97. The Labute approximate surface area is 125 Å². The number of rotatable bonds is 6. The molecule has 0 heterocycles. The topological polar surface area (TPSA) is 34.1 Å². The zero-order valence-electron chi connectivity index (χ0n) is 12.1. The minimum absolute atomic E-state index is 0.0174. The summed E-state index contributed by atoms with van der Waals surface area (Å²) in [6.45, 7) is 1.50. The first kappa shape index (κ1) is 14.9. The highest BCUT2D eigenvalue weighted by atomic mass is 16.1. The molecule has 2 aromatic carbocycles. The molecule has 2 rings (SSSR count). The lowest BCUT2D eigenvalue weighted by Crippen LogP contribution is -2.01. The maximum absolute atomic E-state index is 11.9. The van der Waals surface area contributed by atoms with Gasteiger partial charge in [0.1, 0.15) is 5.78 Å². The summed E-state index contributed by atoms with van der Waals surface area (Å²) in [6.07, 6.45) is 4.65. The summed E-state index contributed by atoms with van der Waals surface area (Å²) >= 11 is 0. The molecule has 2 nitrogen and oxygen atoms in total. The van der Waals surface area contributed by atoms with Crippen molar-refractivity contribution >= 4 is 23.7 Å². The first-order chi connectivity index (χ1) is 10.1. The van der Waals surface area contributed by atoms with Crippen molar-refractivity contribution in [3.63, 3.8) is 0 Å². The van der Waals surface area contributed by atoms with Gasteiger partial charge in [-0.05, 0) is 18.1 Å². The van der Waals surface area contributed by atoms with Gasteiger partial charge in [-0.25, -0.2) is 0 Å². The van der Waals surface area contributed by atoms with Crippen LogP contribution in [0.3, 0.4) is 0 Å². The van der Waals surface area contributed by atoms with Crippen molar-refractivity contribution in [3.05, 3.63) is 71.3 Å². The Kier molecular flexibility index (Phi) is 5.22. The second kappa shape index (κ2) is 7.34. The molecule has 0 N–H and O–H groups in total. The average molecular weight is 278 g/mol. The number of Topliss-reactive ketones (excluding diaryl/α,β-unsaturated/α-hetero) is 2. The smallest absolute Gasteiger partial charge is 0.163 e. The molecule has 0 aromatic heterocycles. The summed E-state index contributed by atoms with van der Waals surface area (Å²) in [5.41, 5.74) is 2.84. The van der Waals surface area contributed by atoms with Gasteiger partial charge in [-0.15, -0.1) is 0 Å². The van der Waals surface area contributed by atoms with Crippen LogP contribution >= 0.6 is 0 Å². The maximum atomic E-state index is 11.9. The molecule has 0 aliphatic carbocycles. The van der Waals surface area contributed by atoms with E-state index in [1.165, 1.54) is 6.92 Å². The van der Waals surface area contributed by atoms with Gasteiger partial charge in [0.2, 0.25) is 0 Å². The number of hydrogen-bond donors (Lipinski definition) is 0. The Hall–Kier alpha value is -2.48. The summed E-state index contributed by atoms with van der Waals surface area (Å²) < 4.78 is 0. The molecular weight excluding hydrogens is 260 g/mol. The number of carbonyl (C=O) groups excluding carboxylic acids is 2. The summed E-state index contributed by atoms with van der Waals surface area (Å²) in [6, 6.07) is 17.5. The number of carbonyl (C=O) groups is 2. The molecular formula is C19H18O2. The number of hydrogen-bond acceptors (Lipinski definition) is 2. The van der Waals surface area contributed by atoms with Crippen LogP contribution in [0.4, 0.5) is 0 Å². The number of benzene rings is 2. The maximum Gasteiger partial charge on any atom is 0.163 e. The molecule has 0 atom stereocenters. The third kappa shape index (κ3) is 4.84. The first-order valence-corrected chi connectivity index (χ1v) is 7.01. The van der Waals surface area contributed by atoms with Crippen LogP contribution < -0.4 is 0 Å². The van der Waals surface area contributed by atoms with Crippen molar-refractivity contribution in [1.29, 1.82) is 0 Å². The Morgan fingerprint density at radius 3 is 1.95 bits per heavy atom. The van der Waals surface area contributed by atoms with E-state index in [1.54, 1.807) is 0 Å². The van der Waals surface area contributed by atoms with Crippen LogP contribution in [0.15, 0.2) is 54.6 Å². The third-order valence-electron chi connectivity index (χ3n) is 3.20. The van der Waals surface area contributed by atoms with Crippen molar-refractivity contribution in [2.45, 2.75) is 19.8 Å². The van der Waals surface area contributed by atoms with Gasteiger partial charge in [0.05, 0.1) is 0 Å². The van der Waals surface area contributed by atoms with Gasteiger partial charge in [0.25, 0.3) is 0 Å². The van der Waals surface area contributed by atoms with E-state index >= 15 is 0 Å². The second-order valence-corrected chi connectivity index (χ2v) is 4.99. The number of ketones is 2. The normalized spacial score (nSPS) is 10.7. The monoisotopic (exact) mass is 278 g/mol. The SMILES string of the molecule is CC(=O)CCC(=O)c1ccc(/C=C/c2ccccc2)cc1. The molecule has 21 heavy (non-hydrogen) atoms. The van der Waals surface area contributed by atoms with E-state index in [-0.39, 0.29) is 18.0 Å². The van der Waals surface area contributed by atoms with E-state index in [2.05, 4.69) is 0 Å². The zero-order valence-corrected chi connectivity index (χ0v) is 12.1. The summed E-state index contributed by atoms with van der Waals surface area (Å²) in [4.78, 5) is 22.8. The molecule has 0 amide bonds. The third-order valence-corrected chi connectivity index (χ3v) is 3.20. The molecule has 0 saturated carbocycles. The molecule has 0 saturated heterocycles. The molecule has 106 valence electrons. The van der Waals surface area contributed by atoms with Crippen molar-refractivity contribution in [2.24, 2.45) is 0 Å². The fraction of sp³-hybridized carbons (Fsp3) is 0.158. The van der Waals surface area contributed by atoms with Gasteiger partial charge < -0.3 is 4.79 Å². The summed E-state index contributed by atoms with van der Waals surface area (Å²) in [7, 11) is 0. The van der Waals surface area contributed by atoms with Crippen LogP contribution in [0.2, 0.25) is 0 Å². The van der Waals surface area contributed by atoms with E-state index in [9.17, 15) is 9.59 Å². The molecule has 0 bridgehead atoms. The average Bonchev–Trinajstić information content (AvgIpc) is 2.52. The summed E-state index contributed by atoms with van der Waals surface area (Å²) in [5.74, 6) is 0.0644. The molecule has 2 heteroatoms. The minimum Gasteiger partial charge on any atom is -0.300 e. The Morgan fingerprint density at radius 1 is 0.810 bits per heavy atom. The molecule has 2 aromatic rings. The molecule has 0 spiro atoms. The lowest BCUT2D eigenvalue weighted by molar-refractivity contribution is -0.116. The van der Waals surface area contributed by atoms with Crippen LogP contribution in [0.1, 0.15) is 41.3 Å². The second-order valence-electron chi connectivity index (χ2n) is 4.99. The van der Waals surface area contributed by atoms with Gasteiger partial charge in [0, 0.05) is 18.4 Å². The first-order valence-electron chi connectivity index (χ1n) is 7.01. The van der Waals surface area contributed by atoms with E-state index in [1.807, 2.05) is 66.7 Å². The van der Waals surface area contributed by atoms with Crippen LogP contribution in [-0.4, -0.2) is 11.6 Å². The Balaban J connectivity index is 2.00. The van der Waals surface area contributed by atoms with E-state index in [0.29, 0.717) is 12.0 Å². The van der Waals surface area contributed by atoms with Gasteiger partial charge >= 0.3 is 0 Å². The van der Waals surface area contributed by atoms with Crippen LogP contribution in [0, 0.1) is 0 Å². The van der Waals surface area contributed by atoms with E-state index < -0.39 is 0 Å². The van der Waals surface area contributed by atoms with Crippen molar-refractivity contribution in [3.8, 4) is 0 Å². The van der Waals surface area contributed by atoms with Gasteiger partial charge in [-0.1, -0.05) is 66.7 Å². The van der Waals surface area contributed by atoms with Crippen molar-refractivity contribution < 1.29 is 9.59 Å². The zero-order chi connectivity index (χ0) is 15.1. The molecule has 0 aliphatic rings. The van der Waals surface area contributed by atoms with E-state index in [0.717, 1.165) is 11.1 Å². The molecule has 0 fully saturated rings. The molecule has 0 radical (unpaired) electrons. The predicted octanol–water partition coefficient (Wildman–Crippen LogP) is 4.41. The molecule has 0 unspecified atom stereocenters.